The zero-order valence-corrected chi connectivity index (χ0v) is 11.0. The number of rotatable bonds is 3. The SMILES string of the molecule is CC(C)C(C)NC(=O)C1COc2ccccc2O1. The van der Waals surface area contributed by atoms with E-state index in [0.29, 0.717) is 17.4 Å². The minimum absolute atomic E-state index is 0.120. The molecule has 1 aliphatic rings. The summed E-state index contributed by atoms with van der Waals surface area (Å²) in [5.41, 5.74) is 0. The number of fused-ring (bicyclic) bond motifs is 1. The molecule has 18 heavy (non-hydrogen) atoms. The largest absolute Gasteiger partial charge is 0.485 e. The fourth-order valence-corrected chi connectivity index (χ4v) is 1.63. The van der Waals surface area contributed by atoms with Crippen molar-refractivity contribution in [3.8, 4) is 11.5 Å². The van der Waals surface area contributed by atoms with Crippen molar-refractivity contribution in [2.24, 2.45) is 5.92 Å². The van der Waals surface area contributed by atoms with E-state index in [1.807, 2.05) is 25.1 Å². The van der Waals surface area contributed by atoms with Crippen molar-refractivity contribution < 1.29 is 14.3 Å². The summed E-state index contributed by atoms with van der Waals surface area (Å²) < 4.78 is 11.2. The highest BCUT2D eigenvalue weighted by Crippen LogP contribution is 2.30. The van der Waals surface area contributed by atoms with Crippen molar-refractivity contribution >= 4 is 5.91 Å². The maximum absolute atomic E-state index is 12.0. The molecular formula is C14H19NO3. The lowest BCUT2D eigenvalue weighted by Gasteiger charge is -2.27. The number of carbonyl (C=O) groups is 1. The van der Waals surface area contributed by atoms with Crippen LogP contribution >= 0.6 is 0 Å². The van der Waals surface area contributed by atoms with E-state index in [-0.39, 0.29) is 18.6 Å². The van der Waals surface area contributed by atoms with Gasteiger partial charge in [0, 0.05) is 6.04 Å². The van der Waals surface area contributed by atoms with Crippen LogP contribution in [0.25, 0.3) is 0 Å². The van der Waals surface area contributed by atoms with E-state index in [1.54, 1.807) is 6.07 Å². The van der Waals surface area contributed by atoms with E-state index in [0.717, 1.165) is 0 Å². The van der Waals surface area contributed by atoms with E-state index < -0.39 is 6.10 Å². The van der Waals surface area contributed by atoms with E-state index in [9.17, 15) is 4.79 Å². The molecule has 0 aliphatic carbocycles. The molecule has 2 atom stereocenters. The van der Waals surface area contributed by atoms with Gasteiger partial charge in [0.1, 0.15) is 6.61 Å². The molecule has 0 spiro atoms. The summed E-state index contributed by atoms with van der Waals surface area (Å²) in [4.78, 5) is 12.0. The maximum Gasteiger partial charge on any atom is 0.264 e. The first-order valence-corrected chi connectivity index (χ1v) is 6.27. The van der Waals surface area contributed by atoms with Gasteiger partial charge in [0.05, 0.1) is 0 Å². The Morgan fingerprint density at radius 2 is 1.94 bits per heavy atom. The second-order valence-corrected chi connectivity index (χ2v) is 4.91. The molecule has 1 aromatic rings. The molecule has 4 nitrogen and oxygen atoms in total. The summed E-state index contributed by atoms with van der Waals surface area (Å²) in [6.45, 7) is 6.38. The maximum atomic E-state index is 12.0. The highest BCUT2D eigenvalue weighted by molar-refractivity contribution is 5.82. The van der Waals surface area contributed by atoms with Gasteiger partial charge in [-0.15, -0.1) is 0 Å². The Bertz CT molecular complexity index is 431. The topological polar surface area (TPSA) is 47.6 Å². The summed E-state index contributed by atoms with van der Waals surface area (Å²) in [7, 11) is 0. The molecule has 0 saturated carbocycles. The van der Waals surface area contributed by atoms with Crippen LogP contribution in [0.5, 0.6) is 11.5 Å². The molecule has 0 saturated heterocycles. The van der Waals surface area contributed by atoms with Gasteiger partial charge in [-0.05, 0) is 25.0 Å². The van der Waals surface area contributed by atoms with E-state index in [1.165, 1.54) is 0 Å². The number of hydrogen-bond donors (Lipinski definition) is 1. The normalized spacial score (nSPS) is 19.4. The lowest BCUT2D eigenvalue weighted by molar-refractivity contribution is -0.131. The Hall–Kier alpha value is -1.71. The van der Waals surface area contributed by atoms with Crippen LogP contribution in [-0.4, -0.2) is 24.7 Å². The van der Waals surface area contributed by atoms with Crippen LogP contribution in [0.4, 0.5) is 0 Å². The van der Waals surface area contributed by atoms with Gasteiger partial charge in [0.2, 0.25) is 6.10 Å². The van der Waals surface area contributed by atoms with Crippen molar-refractivity contribution in [1.82, 2.24) is 5.32 Å². The van der Waals surface area contributed by atoms with Gasteiger partial charge in [-0.1, -0.05) is 26.0 Å². The van der Waals surface area contributed by atoms with E-state index in [4.69, 9.17) is 9.47 Å². The third kappa shape index (κ3) is 2.75. The molecule has 1 aromatic carbocycles. The molecule has 0 aromatic heterocycles. The number of amides is 1. The van der Waals surface area contributed by atoms with Gasteiger partial charge in [-0.3, -0.25) is 4.79 Å². The van der Waals surface area contributed by atoms with Gasteiger partial charge < -0.3 is 14.8 Å². The molecule has 1 heterocycles. The molecule has 1 N–H and O–H groups in total. The average Bonchev–Trinajstić information content (AvgIpc) is 2.37. The first kappa shape index (κ1) is 12.7. The number of ether oxygens (including phenoxy) is 2. The molecule has 2 rings (SSSR count). The van der Waals surface area contributed by atoms with Gasteiger partial charge in [0.15, 0.2) is 11.5 Å². The van der Waals surface area contributed by atoms with Crippen molar-refractivity contribution in [3.63, 3.8) is 0 Å². The Morgan fingerprint density at radius 1 is 1.28 bits per heavy atom. The Labute approximate surface area is 107 Å². The third-order valence-electron chi connectivity index (χ3n) is 3.17. The number of carbonyl (C=O) groups excluding carboxylic acids is 1. The monoisotopic (exact) mass is 249 g/mol. The molecule has 4 heteroatoms. The molecule has 2 unspecified atom stereocenters. The molecule has 98 valence electrons. The fourth-order valence-electron chi connectivity index (χ4n) is 1.63. The molecule has 0 radical (unpaired) electrons. The first-order valence-electron chi connectivity index (χ1n) is 6.27. The van der Waals surface area contributed by atoms with Crippen LogP contribution in [0, 0.1) is 5.92 Å². The minimum atomic E-state index is -0.568. The van der Waals surface area contributed by atoms with Crippen LogP contribution in [0.3, 0.4) is 0 Å². The van der Waals surface area contributed by atoms with Gasteiger partial charge in [0.25, 0.3) is 5.91 Å². The van der Waals surface area contributed by atoms with Gasteiger partial charge in [-0.25, -0.2) is 0 Å². The smallest absolute Gasteiger partial charge is 0.264 e. The highest BCUT2D eigenvalue weighted by atomic mass is 16.6. The van der Waals surface area contributed by atoms with Crippen molar-refractivity contribution in [2.75, 3.05) is 6.61 Å². The van der Waals surface area contributed by atoms with E-state index in [2.05, 4.69) is 19.2 Å². The summed E-state index contributed by atoms with van der Waals surface area (Å²) in [6.07, 6.45) is -0.568. The predicted molar refractivity (Wildman–Crippen MR) is 68.8 cm³/mol. The highest BCUT2D eigenvalue weighted by Gasteiger charge is 2.28. The van der Waals surface area contributed by atoms with Crippen LogP contribution in [0.15, 0.2) is 24.3 Å². The molecule has 0 fully saturated rings. The second-order valence-electron chi connectivity index (χ2n) is 4.91. The van der Waals surface area contributed by atoms with Gasteiger partial charge >= 0.3 is 0 Å². The summed E-state index contributed by atoms with van der Waals surface area (Å²) in [6, 6.07) is 7.50. The number of hydrogen-bond acceptors (Lipinski definition) is 3. The molecular weight excluding hydrogens is 230 g/mol. The van der Waals surface area contributed by atoms with E-state index >= 15 is 0 Å². The zero-order valence-electron chi connectivity index (χ0n) is 11.0. The van der Waals surface area contributed by atoms with Crippen LogP contribution in [0.2, 0.25) is 0 Å². The summed E-state index contributed by atoms with van der Waals surface area (Å²) >= 11 is 0. The van der Waals surface area contributed by atoms with Crippen LogP contribution < -0.4 is 14.8 Å². The van der Waals surface area contributed by atoms with Crippen molar-refractivity contribution in [2.45, 2.75) is 32.9 Å². The third-order valence-corrected chi connectivity index (χ3v) is 3.17. The summed E-state index contributed by atoms with van der Waals surface area (Å²) in [5.74, 6) is 1.59. The quantitative estimate of drug-likeness (QED) is 0.891. The fraction of sp³-hybridized carbons (Fsp3) is 0.500. The minimum Gasteiger partial charge on any atom is -0.485 e. The number of benzene rings is 1. The lowest BCUT2D eigenvalue weighted by atomic mass is 10.1. The average molecular weight is 249 g/mol. The number of nitrogens with one attached hydrogen (secondary N) is 1. The van der Waals surface area contributed by atoms with Crippen LogP contribution in [-0.2, 0) is 4.79 Å². The molecule has 1 amide bonds. The van der Waals surface area contributed by atoms with Crippen molar-refractivity contribution in [1.29, 1.82) is 0 Å². The Kier molecular flexibility index (Phi) is 3.75. The molecule has 1 aliphatic heterocycles. The summed E-state index contributed by atoms with van der Waals surface area (Å²) in [5, 5.41) is 2.94. The van der Waals surface area contributed by atoms with Gasteiger partial charge in [-0.2, -0.15) is 0 Å². The zero-order chi connectivity index (χ0) is 13.1. The van der Waals surface area contributed by atoms with Crippen molar-refractivity contribution in [3.05, 3.63) is 24.3 Å². The number of para-hydroxylation sites is 2. The predicted octanol–water partition coefficient (Wildman–Crippen LogP) is 1.99. The molecule has 0 bridgehead atoms. The Balaban J connectivity index is 1.98. The Morgan fingerprint density at radius 3 is 2.61 bits per heavy atom. The van der Waals surface area contributed by atoms with Crippen LogP contribution in [0.1, 0.15) is 20.8 Å². The standard InChI is InChI=1S/C14H19NO3/c1-9(2)10(3)15-14(16)13-8-17-11-6-4-5-7-12(11)18-13/h4-7,9-10,13H,8H2,1-3H3,(H,15,16). The first-order chi connectivity index (χ1) is 8.58. The lowest BCUT2D eigenvalue weighted by Crippen LogP contribution is -2.48. The second kappa shape index (κ2) is 5.29.